The van der Waals surface area contributed by atoms with Crippen LogP contribution in [-0.2, 0) is 0 Å². The van der Waals surface area contributed by atoms with Gasteiger partial charge in [0.05, 0.1) is 17.3 Å². The molecule has 1 N–H and O–H groups in total. The van der Waals surface area contributed by atoms with Crippen LogP contribution in [-0.4, -0.2) is 9.55 Å². The minimum Gasteiger partial charge on any atom is -0.340 e. The van der Waals surface area contributed by atoms with Gasteiger partial charge in [0.15, 0.2) is 0 Å². The normalized spacial score (nSPS) is 12.5. The Morgan fingerprint density at radius 1 is 1.23 bits per heavy atom. The second kappa shape index (κ2) is 7.90. The zero-order valence-corrected chi connectivity index (χ0v) is 18.3. The lowest BCUT2D eigenvalue weighted by molar-refractivity contribution is 0.579. The molecule has 31 heavy (non-hydrogen) atoms. The third kappa shape index (κ3) is 3.67. The highest BCUT2D eigenvalue weighted by Gasteiger charge is 2.20. The van der Waals surface area contributed by atoms with Crippen LogP contribution in [0.1, 0.15) is 36.6 Å². The minimum absolute atomic E-state index is 0.0486. The monoisotopic (exact) mass is 428 g/mol. The number of halogens is 1. The average molecular weight is 429 g/mol. The summed E-state index contributed by atoms with van der Waals surface area (Å²) >= 11 is 6.32. The van der Waals surface area contributed by atoms with Crippen LogP contribution in [0.15, 0.2) is 59.7 Å². The molecule has 5 nitrogen and oxygen atoms in total. The molecule has 0 aliphatic carbocycles. The molecule has 0 radical (unpaired) electrons. The summed E-state index contributed by atoms with van der Waals surface area (Å²) < 4.78 is 1.62. The predicted molar refractivity (Wildman–Crippen MR) is 126 cm³/mol. The minimum atomic E-state index is -0.228. The Kier molecular flexibility index (Phi) is 5.26. The maximum Gasteiger partial charge on any atom is 0.269 e. The quantitative estimate of drug-likeness (QED) is 0.560. The SMILES string of the molecule is C=C1C=Cc2cc(-c3cc(Cl)c(=O)n(C(C)C)c3)c(-c3cccc(C#N)c3C)nc2N1. The van der Waals surface area contributed by atoms with E-state index in [-0.39, 0.29) is 16.6 Å². The molecule has 4 rings (SSSR count). The highest BCUT2D eigenvalue weighted by Crippen LogP contribution is 2.38. The van der Waals surface area contributed by atoms with Crippen molar-refractivity contribution in [1.29, 1.82) is 5.26 Å². The Hall–Kier alpha value is -3.62. The van der Waals surface area contributed by atoms with Gasteiger partial charge in [0.1, 0.15) is 10.8 Å². The first-order valence-corrected chi connectivity index (χ1v) is 10.3. The second-order valence-corrected chi connectivity index (χ2v) is 8.19. The van der Waals surface area contributed by atoms with Crippen LogP contribution >= 0.6 is 11.6 Å². The number of nitriles is 1. The van der Waals surface area contributed by atoms with E-state index < -0.39 is 0 Å². The first-order chi connectivity index (χ1) is 14.8. The summed E-state index contributed by atoms with van der Waals surface area (Å²) in [4.78, 5) is 17.4. The Labute approximate surface area is 186 Å². The smallest absolute Gasteiger partial charge is 0.269 e. The van der Waals surface area contributed by atoms with Gasteiger partial charge in [0.2, 0.25) is 0 Å². The van der Waals surface area contributed by atoms with Gasteiger partial charge in [-0.05, 0) is 56.7 Å². The molecule has 0 saturated carbocycles. The van der Waals surface area contributed by atoms with Crippen molar-refractivity contribution < 1.29 is 0 Å². The van der Waals surface area contributed by atoms with E-state index in [0.717, 1.165) is 33.5 Å². The fraction of sp³-hybridized carbons (Fsp3) is 0.160. The molecule has 6 heteroatoms. The summed E-state index contributed by atoms with van der Waals surface area (Å²) in [5.74, 6) is 0.691. The molecule has 0 fully saturated rings. The summed E-state index contributed by atoms with van der Waals surface area (Å²) in [6.45, 7) is 9.74. The number of hydrogen-bond acceptors (Lipinski definition) is 4. The van der Waals surface area contributed by atoms with Crippen LogP contribution in [0.25, 0.3) is 28.5 Å². The zero-order chi connectivity index (χ0) is 22.3. The van der Waals surface area contributed by atoms with E-state index >= 15 is 0 Å². The number of allylic oxidation sites excluding steroid dienone is 1. The number of aromatic nitrogens is 2. The molecule has 0 atom stereocenters. The van der Waals surface area contributed by atoms with Gasteiger partial charge in [0.25, 0.3) is 5.56 Å². The molecular weight excluding hydrogens is 408 g/mol. The molecule has 0 amide bonds. The molecule has 2 aromatic heterocycles. The lowest BCUT2D eigenvalue weighted by atomic mass is 9.93. The molecule has 3 aromatic rings. The van der Waals surface area contributed by atoms with Crippen LogP contribution < -0.4 is 10.9 Å². The van der Waals surface area contributed by atoms with E-state index in [9.17, 15) is 10.1 Å². The molecule has 1 aliphatic heterocycles. The molecule has 0 saturated heterocycles. The van der Waals surface area contributed by atoms with Crippen molar-refractivity contribution in [3.8, 4) is 28.5 Å². The number of hydrogen-bond donors (Lipinski definition) is 1. The summed E-state index contributed by atoms with van der Waals surface area (Å²) in [6.07, 6.45) is 5.65. The van der Waals surface area contributed by atoms with E-state index in [1.807, 2.05) is 57.3 Å². The van der Waals surface area contributed by atoms with Gasteiger partial charge in [0, 0.05) is 40.2 Å². The fourth-order valence-corrected chi connectivity index (χ4v) is 3.89. The Morgan fingerprint density at radius 2 is 2.00 bits per heavy atom. The van der Waals surface area contributed by atoms with Gasteiger partial charge < -0.3 is 9.88 Å². The first kappa shape index (κ1) is 20.6. The van der Waals surface area contributed by atoms with Crippen molar-refractivity contribution in [2.75, 3.05) is 5.32 Å². The zero-order valence-electron chi connectivity index (χ0n) is 17.5. The van der Waals surface area contributed by atoms with Crippen molar-refractivity contribution in [3.63, 3.8) is 0 Å². The maximum absolute atomic E-state index is 12.5. The second-order valence-electron chi connectivity index (χ2n) is 7.78. The van der Waals surface area contributed by atoms with Gasteiger partial charge in [-0.25, -0.2) is 4.98 Å². The number of fused-ring (bicyclic) bond motifs is 1. The van der Waals surface area contributed by atoms with Crippen molar-refractivity contribution in [1.82, 2.24) is 9.55 Å². The number of anilines is 1. The number of rotatable bonds is 3. The highest BCUT2D eigenvalue weighted by molar-refractivity contribution is 6.30. The summed E-state index contributed by atoms with van der Waals surface area (Å²) in [6, 6.07) is 11.5. The fourth-order valence-electron chi connectivity index (χ4n) is 3.68. The van der Waals surface area contributed by atoms with Gasteiger partial charge in [-0.2, -0.15) is 5.26 Å². The lowest BCUT2D eigenvalue weighted by Gasteiger charge is -2.20. The molecule has 1 aliphatic rings. The van der Waals surface area contributed by atoms with Crippen LogP contribution in [0.3, 0.4) is 0 Å². The van der Waals surface area contributed by atoms with Crippen molar-refractivity contribution in [2.24, 2.45) is 0 Å². The third-order valence-electron chi connectivity index (χ3n) is 5.37. The Balaban J connectivity index is 2.06. The van der Waals surface area contributed by atoms with Crippen molar-refractivity contribution in [3.05, 3.63) is 86.9 Å². The summed E-state index contributed by atoms with van der Waals surface area (Å²) in [5.41, 5.74) is 6.00. The largest absolute Gasteiger partial charge is 0.340 e. The Bertz CT molecular complexity index is 1360. The lowest BCUT2D eigenvalue weighted by Crippen LogP contribution is -2.21. The molecule has 0 spiro atoms. The predicted octanol–water partition coefficient (Wildman–Crippen LogP) is 5.94. The average Bonchev–Trinajstić information content (AvgIpc) is 2.74. The standard InChI is InChI=1S/C25H21ClN4O/c1-14(2)30-13-19(11-22(26)25(30)31)21-10-17-9-8-15(3)28-24(17)29-23(21)20-7-5-6-18(12-27)16(20)4/h5-11,13-14H,3H2,1-2,4H3,(H,28,29). The van der Waals surface area contributed by atoms with E-state index in [1.165, 1.54) is 0 Å². The number of nitrogens with zero attached hydrogens (tertiary/aromatic N) is 3. The molecular formula is C25H21ClN4O. The first-order valence-electron chi connectivity index (χ1n) is 9.91. The van der Waals surface area contributed by atoms with E-state index in [0.29, 0.717) is 17.1 Å². The maximum atomic E-state index is 12.5. The molecule has 3 heterocycles. The number of pyridine rings is 2. The number of nitrogens with one attached hydrogen (secondary N) is 1. The van der Waals surface area contributed by atoms with Crippen LogP contribution in [0.4, 0.5) is 5.82 Å². The van der Waals surface area contributed by atoms with E-state index in [2.05, 4.69) is 18.0 Å². The van der Waals surface area contributed by atoms with Gasteiger partial charge in [-0.1, -0.05) is 30.3 Å². The highest BCUT2D eigenvalue weighted by atomic mass is 35.5. The van der Waals surface area contributed by atoms with Gasteiger partial charge in [-0.3, -0.25) is 4.79 Å². The van der Waals surface area contributed by atoms with Crippen molar-refractivity contribution in [2.45, 2.75) is 26.8 Å². The third-order valence-corrected chi connectivity index (χ3v) is 5.64. The molecule has 0 unspecified atom stereocenters. The molecule has 154 valence electrons. The molecule has 1 aromatic carbocycles. The topological polar surface area (TPSA) is 70.7 Å². The summed E-state index contributed by atoms with van der Waals surface area (Å²) in [5, 5.41) is 12.9. The molecule has 0 bridgehead atoms. The van der Waals surface area contributed by atoms with Gasteiger partial charge >= 0.3 is 0 Å². The van der Waals surface area contributed by atoms with Crippen LogP contribution in [0, 0.1) is 18.3 Å². The number of benzene rings is 1. The van der Waals surface area contributed by atoms with Gasteiger partial charge in [-0.15, -0.1) is 0 Å². The van der Waals surface area contributed by atoms with E-state index in [1.54, 1.807) is 16.7 Å². The van der Waals surface area contributed by atoms with Crippen LogP contribution in [0.5, 0.6) is 0 Å². The van der Waals surface area contributed by atoms with Crippen molar-refractivity contribution >= 4 is 23.5 Å². The Morgan fingerprint density at radius 3 is 2.71 bits per heavy atom. The van der Waals surface area contributed by atoms with E-state index in [4.69, 9.17) is 16.6 Å². The summed E-state index contributed by atoms with van der Waals surface area (Å²) in [7, 11) is 0. The van der Waals surface area contributed by atoms with Crippen LogP contribution in [0.2, 0.25) is 5.02 Å².